The van der Waals surface area contributed by atoms with Crippen LogP contribution in [0.3, 0.4) is 0 Å². The minimum absolute atomic E-state index is 0.0679. The number of hydrogen-bond acceptors (Lipinski definition) is 7. The predicted octanol–water partition coefficient (Wildman–Crippen LogP) is 4.54. The van der Waals surface area contributed by atoms with E-state index < -0.39 is 41.0 Å². The van der Waals surface area contributed by atoms with Gasteiger partial charge in [-0.05, 0) is 65.5 Å². The maximum Gasteiger partial charge on any atom is 0.408 e. The number of aromatic nitrogens is 2. The number of carbonyl (C=O) groups excluding carboxylic acids is 4. The van der Waals surface area contributed by atoms with Crippen molar-refractivity contribution in [1.82, 2.24) is 25.1 Å². The lowest BCUT2D eigenvalue weighted by Gasteiger charge is -2.29. The van der Waals surface area contributed by atoms with Crippen LogP contribution in [0.4, 0.5) is 10.6 Å². The molecule has 0 aliphatic carbocycles. The Hall–Kier alpha value is -4.71. The summed E-state index contributed by atoms with van der Waals surface area (Å²) in [6, 6.07) is 18.0. The number of likely N-dealkylation sites (tertiary alicyclic amines) is 1. The van der Waals surface area contributed by atoms with E-state index in [1.54, 1.807) is 27.1 Å². The number of nitrogens with zero attached hydrogens (tertiary/aromatic N) is 3. The maximum atomic E-state index is 13.7. The number of carbonyl (C=O) groups is 4. The lowest BCUT2D eigenvalue weighted by Crippen LogP contribution is -2.59. The molecule has 0 radical (unpaired) electrons. The molecule has 0 saturated carbocycles. The van der Waals surface area contributed by atoms with E-state index in [0.717, 1.165) is 37.1 Å². The van der Waals surface area contributed by atoms with Crippen molar-refractivity contribution in [2.75, 3.05) is 25.0 Å². The molecule has 48 heavy (non-hydrogen) atoms. The molecule has 1 saturated heterocycles. The number of nitrogens with one attached hydrogen (secondary N) is 3. The second-order valence-electron chi connectivity index (χ2n) is 13.6. The van der Waals surface area contributed by atoms with Gasteiger partial charge in [-0.25, -0.2) is 9.78 Å². The summed E-state index contributed by atoms with van der Waals surface area (Å²) in [5, 5.41) is 8.13. The molecular weight excluding hydrogens is 612 g/mol. The van der Waals surface area contributed by atoms with Crippen LogP contribution in [-0.4, -0.2) is 75.1 Å². The van der Waals surface area contributed by atoms with Gasteiger partial charge in [0.2, 0.25) is 11.8 Å². The van der Waals surface area contributed by atoms with Gasteiger partial charge in [0.05, 0.1) is 31.2 Å². The van der Waals surface area contributed by atoms with Crippen LogP contribution in [0.15, 0.2) is 67.0 Å². The SMILES string of the molecule is Cc1c(NC(=O)[C@@H](COCc2ccccc2)NC(=O)C(C)(C)NC(=O)OC(C)(C)C)ncn1CC(C(=O)N1CCCC1)c1ccccc1. The second-order valence-corrected chi connectivity index (χ2v) is 13.6. The summed E-state index contributed by atoms with van der Waals surface area (Å²) in [5.41, 5.74) is 0.302. The summed E-state index contributed by atoms with van der Waals surface area (Å²) in [5.74, 6) is -1.21. The summed E-state index contributed by atoms with van der Waals surface area (Å²) in [7, 11) is 0. The molecule has 12 heteroatoms. The fraction of sp³-hybridized carbons (Fsp3) is 0.472. The molecular formula is C36H48N6O6. The molecule has 258 valence electrons. The van der Waals surface area contributed by atoms with Gasteiger partial charge in [0.25, 0.3) is 5.91 Å². The van der Waals surface area contributed by atoms with Gasteiger partial charge in [-0.3, -0.25) is 14.4 Å². The van der Waals surface area contributed by atoms with Crippen molar-refractivity contribution >= 4 is 29.6 Å². The lowest BCUT2D eigenvalue weighted by atomic mass is 9.97. The average Bonchev–Trinajstić information content (AvgIpc) is 3.69. The van der Waals surface area contributed by atoms with Crippen LogP contribution in [0.25, 0.3) is 0 Å². The molecule has 2 atom stereocenters. The van der Waals surface area contributed by atoms with Gasteiger partial charge in [-0.15, -0.1) is 0 Å². The van der Waals surface area contributed by atoms with E-state index in [9.17, 15) is 19.2 Å². The van der Waals surface area contributed by atoms with Crippen molar-refractivity contribution in [3.63, 3.8) is 0 Å². The smallest absolute Gasteiger partial charge is 0.408 e. The molecule has 1 aliphatic rings. The van der Waals surface area contributed by atoms with Crippen LogP contribution in [0, 0.1) is 6.92 Å². The monoisotopic (exact) mass is 660 g/mol. The van der Waals surface area contributed by atoms with E-state index in [2.05, 4.69) is 20.9 Å². The third-order valence-electron chi connectivity index (χ3n) is 8.04. The Bertz CT molecular complexity index is 1540. The Kier molecular flexibility index (Phi) is 12.0. The number of anilines is 1. The quantitative estimate of drug-likeness (QED) is 0.244. The third-order valence-corrected chi connectivity index (χ3v) is 8.04. The van der Waals surface area contributed by atoms with E-state index in [1.165, 1.54) is 13.8 Å². The first-order valence-corrected chi connectivity index (χ1v) is 16.3. The highest BCUT2D eigenvalue weighted by molar-refractivity contribution is 5.99. The van der Waals surface area contributed by atoms with E-state index >= 15 is 0 Å². The summed E-state index contributed by atoms with van der Waals surface area (Å²) >= 11 is 0. The first-order chi connectivity index (χ1) is 22.7. The molecule has 3 aromatic rings. The summed E-state index contributed by atoms with van der Waals surface area (Å²) in [4.78, 5) is 59.5. The number of ether oxygens (including phenoxy) is 2. The zero-order valence-electron chi connectivity index (χ0n) is 28.7. The zero-order valence-corrected chi connectivity index (χ0v) is 28.7. The first-order valence-electron chi connectivity index (χ1n) is 16.3. The standard InChI is InChI=1S/C36H48N6O6/c1-25-30(37-24-42(25)21-28(27-17-11-8-12-18-27)32(44)41-19-13-14-20-41)39-31(43)29(23-47-22-26-15-9-7-10-16-26)38-33(45)36(5,6)40-34(46)48-35(2,3)4/h7-12,15-18,24,28-29H,13-14,19-23H2,1-6H3,(H,38,45)(H,39,43)(H,40,46)/t28?,29-/m1/s1. The fourth-order valence-electron chi connectivity index (χ4n) is 5.33. The Morgan fingerprint density at radius 1 is 0.917 bits per heavy atom. The third kappa shape index (κ3) is 10.1. The Morgan fingerprint density at radius 3 is 2.17 bits per heavy atom. The van der Waals surface area contributed by atoms with Crippen molar-refractivity contribution in [3.8, 4) is 0 Å². The maximum absolute atomic E-state index is 13.7. The van der Waals surface area contributed by atoms with Crippen molar-refractivity contribution in [2.24, 2.45) is 0 Å². The number of alkyl carbamates (subject to hydrolysis) is 1. The minimum Gasteiger partial charge on any atom is -0.444 e. The van der Waals surface area contributed by atoms with Gasteiger partial charge < -0.3 is 34.9 Å². The second kappa shape index (κ2) is 15.9. The van der Waals surface area contributed by atoms with Gasteiger partial charge in [0.15, 0.2) is 5.82 Å². The van der Waals surface area contributed by atoms with Crippen LogP contribution in [0.1, 0.15) is 70.2 Å². The summed E-state index contributed by atoms with van der Waals surface area (Å²) in [6.07, 6.45) is 2.83. The molecule has 1 aromatic heterocycles. The molecule has 1 fully saturated rings. The molecule has 12 nitrogen and oxygen atoms in total. The van der Waals surface area contributed by atoms with Crippen LogP contribution >= 0.6 is 0 Å². The van der Waals surface area contributed by atoms with E-state index in [1.807, 2.05) is 77.1 Å². The van der Waals surface area contributed by atoms with E-state index in [0.29, 0.717) is 18.1 Å². The summed E-state index contributed by atoms with van der Waals surface area (Å²) < 4.78 is 13.0. The normalized spacial score (nSPS) is 14.6. The highest BCUT2D eigenvalue weighted by Crippen LogP contribution is 2.25. The van der Waals surface area contributed by atoms with Crippen molar-refractivity contribution in [1.29, 1.82) is 0 Å². The number of hydrogen-bond donors (Lipinski definition) is 3. The molecule has 0 bridgehead atoms. The number of amides is 4. The van der Waals surface area contributed by atoms with Crippen LogP contribution in [0.5, 0.6) is 0 Å². The van der Waals surface area contributed by atoms with Gasteiger partial charge in [-0.2, -0.15) is 0 Å². The molecule has 4 rings (SSSR count). The Labute approximate surface area is 282 Å². The lowest BCUT2D eigenvalue weighted by molar-refractivity contribution is -0.132. The minimum atomic E-state index is -1.41. The molecule has 2 heterocycles. The number of imidazole rings is 1. The van der Waals surface area contributed by atoms with Gasteiger partial charge in [0.1, 0.15) is 17.2 Å². The highest BCUT2D eigenvalue weighted by atomic mass is 16.6. The Morgan fingerprint density at radius 2 is 1.54 bits per heavy atom. The fourth-order valence-corrected chi connectivity index (χ4v) is 5.33. The molecule has 2 aromatic carbocycles. The largest absolute Gasteiger partial charge is 0.444 e. The zero-order chi connectivity index (χ0) is 34.9. The van der Waals surface area contributed by atoms with Gasteiger partial charge in [0, 0.05) is 19.6 Å². The highest BCUT2D eigenvalue weighted by Gasteiger charge is 2.35. The van der Waals surface area contributed by atoms with Gasteiger partial charge in [-0.1, -0.05) is 60.7 Å². The topological polar surface area (TPSA) is 144 Å². The summed E-state index contributed by atoms with van der Waals surface area (Å²) in [6.45, 7) is 11.9. The molecule has 0 spiro atoms. The van der Waals surface area contributed by atoms with E-state index in [4.69, 9.17) is 9.47 Å². The van der Waals surface area contributed by atoms with E-state index in [-0.39, 0.29) is 19.1 Å². The Balaban J connectivity index is 1.49. The van der Waals surface area contributed by atoms with Crippen LogP contribution < -0.4 is 16.0 Å². The first kappa shape index (κ1) is 36.1. The average molecular weight is 661 g/mol. The number of rotatable bonds is 13. The molecule has 1 unspecified atom stereocenters. The molecule has 3 N–H and O–H groups in total. The van der Waals surface area contributed by atoms with Crippen LogP contribution in [-0.2, 0) is 37.0 Å². The van der Waals surface area contributed by atoms with Crippen molar-refractivity contribution < 1.29 is 28.7 Å². The molecule has 4 amide bonds. The van der Waals surface area contributed by atoms with Gasteiger partial charge >= 0.3 is 6.09 Å². The van der Waals surface area contributed by atoms with Crippen molar-refractivity contribution in [2.45, 2.75) is 90.6 Å². The van der Waals surface area contributed by atoms with Crippen LogP contribution in [0.2, 0.25) is 0 Å². The van der Waals surface area contributed by atoms with Crippen molar-refractivity contribution in [3.05, 3.63) is 83.8 Å². The molecule has 1 aliphatic heterocycles. The number of benzene rings is 2. The predicted molar refractivity (Wildman–Crippen MR) is 182 cm³/mol.